The summed E-state index contributed by atoms with van der Waals surface area (Å²) in [4.78, 5) is 10.7. The van der Waals surface area contributed by atoms with Gasteiger partial charge >= 0.3 is 14.1 Å². The number of benzene rings is 8. The molecule has 2 aliphatic heterocycles. The minimum Gasteiger partial charge on any atom is -0.507 e. The van der Waals surface area contributed by atoms with E-state index in [9.17, 15) is 15.2 Å². The summed E-state index contributed by atoms with van der Waals surface area (Å²) in [6, 6.07) is 48.4. The van der Waals surface area contributed by atoms with Gasteiger partial charge in [-0.15, -0.1) is 24.4 Å². The van der Waals surface area contributed by atoms with E-state index in [1.54, 1.807) is 30.0 Å². The lowest BCUT2D eigenvalue weighted by Crippen LogP contribution is -2.43. The highest BCUT2D eigenvalue weighted by Crippen LogP contribution is 2.38. The molecule has 0 aliphatic carbocycles. The van der Waals surface area contributed by atoms with Crippen LogP contribution in [0.5, 0.6) is 11.5 Å². The number of hydrogen-bond acceptors (Lipinski definition) is 10. The van der Waals surface area contributed by atoms with Gasteiger partial charge in [-0.3, -0.25) is 0 Å². The normalized spacial score (nSPS) is 13.7. The van der Waals surface area contributed by atoms with E-state index in [0.717, 1.165) is 102 Å². The predicted octanol–water partition coefficient (Wildman–Crippen LogP) is 17.3. The SMILES string of the molecule is CB(O)N1CCC(Br)CC1.CB(O)N1CCC(Sc2ccc(Br)c3ccccc23)CC1.CN(C)C(=S)Cl.CN(C)C(=S)Oc1ccc(Br)c2ccccc12.Oc1ccc(Br)c2ccccc12.Sc1ccc(Br)c2ccccc12. The van der Waals surface area contributed by atoms with Crippen molar-refractivity contribution in [3.63, 3.8) is 0 Å². The van der Waals surface area contributed by atoms with Crippen LogP contribution in [0.3, 0.4) is 0 Å². The van der Waals surface area contributed by atoms with Crippen LogP contribution in [-0.4, -0.2) is 123 Å². The van der Waals surface area contributed by atoms with Crippen molar-refractivity contribution in [2.45, 2.75) is 59.2 Å². The maximum absolute atomic E-state index is 9.64. The van der Waals surface area contributed by atoms with Crippen molar-refractivity contribution >= 4 is 207 Å². The first-order valence-corrected chi connectivity index (χ1v) is 31.7. The number of ether oxygens (including phenoxy) is 1. The van der Waals surface area contributed by atoms with Crippen molar-refractivity contribution in [1.82, 2.24) is 19.4 Å². The third-order valence-corrected chi connectivity index (χ3v) is 19.2. The molecule has 0 aromatic heterocycles. The first-order chi connectivity index (χ1) is 37.2. The van der Waals surface area contributed by atoms with E-state index >= 15 is 0 Å². The summed E-state index contributed by atoms with van der Waals surface area (Å²) in [7, 11) is 6.75. The highest BCUT2D eigenvalue weighted by Gasteiger charge is 2.25. The molecule has 0 bridgehead atoms. The fraction of sp³-hybridized carbons (Fsp3) is 0.276. The zero-order chi connectivity index (χ0) is 57.1. The van der Waals surface area contributed by atoms with Gasteiger partial charge in [0.1, 0.15) is 11.5 Å². The Morgan fingerprint density at radius 3 is 1.38 bits per heavy atom. The molecule has 0 spiro atoms. The molecule has 3 N–H and O–H groups in total. The highest BCUT2D eigenvalue weighted by molar-refractivity contribution is 9.11. The van der Waals surface area contributed by atoms with Gasteiger partial charge in [0.25, 0.3) is 5.17 Å². The lowest BCUT2D eigenvalue weighted by Gasteiger charge is -2.32. The van der Waals surface area contributed by atoms with E-state index in [2.05, 4.69) is 163 Å². The Balaban J connectivity index is 0.000000179. The third-order valence-electron chi connectivity index (χ3n) is 12.6. The molecule has 0 radical (unpaired) electrons. The molecule has 2 heterocycles. The Hall–Kier alpha value is -2.46. The van der Waals surface area contributed by atoms with E-state index in [4.69, 9.17) is 28.6 Å². The van der Waals surface area contributed by atoms with Gasteiger partial charge in [0.05, 0.1) is 0 Å². The minimum absolute atomic E-state index is 0.264. The van der Waals surface area contributed by atoms with Crippen molar-refractivity contribution in [2.24, 2.45) is 0 Å². The number of alkyl halides is 1. The van der Waals surface area contributed by atoms with Crippen LogP contribution >= 0.6 is 140 Å². The number of rotatable bonds is 5. The second-order valence-electron chi connectivity index (χ2n) is 18.6. The van der Waals surface area contributed by atoms with Crippen molar-refractivity contribution in [3.8, 4) is 11.5 Å². The molecule has 8 aromatic rings. The van der Waals surface area contributed by atoms with Crippen LogP contribution in [0, 0.1) is 0 Å². The standard InChI is InChI=1S/C16H19BBrNOS.C13H12BrNOS.C10H7BrO.C10H7BrS.C6H13BBrNO.C3H6ClNS/c1-17(20)19-10-8-12(9-11-19)21-16-7-6-15(18)13-4-2-3-5-14(13)16;1-15(2)13(17)16-12-8-7-11(14)9-5-3-4-6-10(9)12;2*11-9-5-6-10(12)8-4-2-1-3-7(8)9;1-7(10)9-4-2-6(8)3-5-9;1-5(2)3(4)6/h2-7,12,20H,8-11H2,1H3;3-8H,1-2H3;2*1-6,12H;6,10H,2-5H2,1H3;1-2H3. The number of aromatic hydroxyl groups is 1. The number of fused-ring (bicyclic) bond motifs is 4. The lowest BCUT2D eigenvalue weighted by atomic mass is 9.83. The van der Waals surface area contributed by atoms with E-state index in [0.29, 0.717) is 25.4 Å². The Bertz CT molecular complexity index is 3060. The largest absolute Gasteiger partial charge is 0.507 e. The molecule has 2 saturated heterocycles. The maximum Gasteiger partial charge on any atom is 0.376 e. The maximum atomic E-state index is 9.64. The van der Waals surface area contributed by atoms with Gasteiger partial charge in [0.15, 0.2) is 4.45 Å². The van der Waals surface area contributed by atoms with Gasteiger partial charge in [-0.25, -0.2) is 0 Å². The molecule has 0 unspecified atom stereocenters. The molecule has 0 amide bonds. The molecule has 0 atom stereocenters. The molecular formula is C58H64B2Br5ClN4O4S4. The first-order valence-electron chi connectivity index (χ1n) is 25.1. The van der Waals surface area contributed by atoms with Gasteiger partial charge < -0.3 is 39.3 Å². The van der Waals surface area contributed by atoms with Crippen LogP contribution in [0.4, 0.5) is 0 Å². The van der Waals surface area contributed by atoms with Crippen molar-refractivity contribution in [3.05, 3.63) is 163 Å². The van der Waals surface area contributed by atoms with Crippen LogP contribution in [0.15, 0.2) is 173 Å². The van der Waals surface area contributed by atoms with Crippen LogP contribution in [-0.2, 0) is 0 Å². The molecular weight excluding hydrogens is 1400 g/mol. The fourth-order valence-electron chi connectivity index (χ4n) is 8.13. The summed E-state index contributed by atoms with van der Waals surface area (Å²) in [6.07, 6.45) is 4.59. The Kier molecular flexibility index (Phi) is 28.6. The number of thioether (sulfide) groups is 1. The molecule has 2 fully saturated rings. The molecule has 8 nitrogen and oxygen atoms in total. The fourth-order valence-corrected chi connectivity index (χ4v) is 12.1. The predicted molar refractivity (Wildman–Crippen MR) is 366 cm³/mol. The minimum atomic E-state index is -0.315. The van der Waals surface area contributed by atoms with Crippen molar-refractivity contribution < 1.29 is 19.9 Å². The molecule has 20 heteroatoms. The van der Waals surface area contributed by atoms with Crippen molar-refractivity contribution in [2.75, 3.05) is 54.4 Å². The number of halogens is 6. The first kappa shape index (κ1) is 66.3. The lowest BCUT2D eigenvalue weighted by molar-refractivity contribution is 0.316. The number of thiocarbonyl (C=S) groups is 2. The van der Waals surface area contributed by atoms with Crippen molar-refractivity contribution in [1.29, 1.82) is 0 Å². The Labute approximate surface area is 529 Å². The summed E-state index contributed by atoms with van der Waals surface area (Å²) in [6.45, 7) is 7.71. The van der Waals surface area contributed by atoms with E-state index in [1.165, 1.54) is 26.4 Å². The van der Waals surface area contributed by atoms with Crippen LogP contribution in [0.2, 0.25) is 13.6 Å². The zero-order valence-corrected chi connectivity index (χ0v) is 56.3. The van der Waals surface area contributed by atoms with Gasteiger partial charge in [0.2, 0.25) is 0 Å². The summed E-state index contributed by atoms with van der Waals surface area (Å²) in [5.74, 6) is 1.11. The quantitative estimate of drug-likeness (QED) is 0.0332. The van der Waals surface area contributed by atoms with Gasteiger partial charge in [-0.2, -0.15) is 0 Å². The molecule has 8 aromatic carbocycles. The number of nitrogens with zero attached hydrogens (tertiary/aromatic N) is 4. The van der Waals surface area contributed by atoms with Gasteiger partial charge in [-0.05, 0) is 171 Å². The molecule has 78 heavy (non-hydrogen) atoms. The highest BCUT2D eigenvalue weighted by atomic mass is 79.9. The number of phenolic OH excluding ortho intramolecular Hbond substituents is 1. The van der Waals surface area contributed by atoms with E-state index in [1.807, 2.05) is 130 Å². The second-order valence-corrected chi connectivity index (χ2v) is 26.5. The van der Waals surface area contributed by atoms with E-state index in [-0.39, 0.29) is 14.1 Å². The number of piperidine rings is 2. The summed E-state index contributed by atoms with van der Waals surface area (Å²) < 4.78 is 10.4. The van der Waals surface area contributed by atoms with Gasteiger partial charge in [0, 0.05) is 76.7 Å². The Morgan fingerprint density at radius 2 is 0.936 bits per heavy atom. The monoisotopic (exact) mass is 1460 g/mol. The number of phenols is 1. The summed E-state index contributed by atoms with van der Waals surface area (Å²) in [5.41, 5.74) is 0. The average molecular weight is 1470 g/mol. The van der Waals surface area contributed by atoms with E-state index < -0.39 is 0 Å². The topological polar surface area (TPSA) is 82.9 Å². The zero-order valence-electron chi connectivity index (χ0n) is 44.3. The molecule has 10 rings (SSSR count). The smallest absolute Gasteiger partial charge is 0.376 e. The van der Waals surface area contributed by atoms with Crippen LogP contribution in [0.1, 0.15) is 25.7 Å². The third kappa shape index (κ3) is 20.5. The molecule has 0 saturated carbocycles. The van der Waals surface area contributed by atoms with Crippen LogP contribution in [0.25, 0.3) is 43.1 Å². The summed E-state index contributed by atoms with van der Waals surface area (Å²) >= 11 is 38.9. The molecule has 412 valence electrons. The van der Waals surface area contributed by atoms with Crippen LogP contribution < -0.4 is 4.74 Å². The average Bonchev–Trinajstić information content (AvgIpc) is 3.44. The summed E-state index contributed by atoms with van der Waals surface area (Å²) in [5, 5.41) is 38.5. The number of thiol groups is 1. The number of hydrogen-bond donors (Lipinski definition) is 4. The molecule has 2 aliphatic rings. The Morgan fingerprint density at radius 1 is 0.564 bits per heavy atom. The second kappa shape index (κ2) is 33.6. The van der Waals surface area contributed by atoms with Gasteiger partial charge in [-0.1, -0.05) is 188 Å².